The van der Waals surface area contributed by atoms with Gasteiger partial charge in [0.25, 0.3) is 0 Å². The molecule has 4 heteroatoms. The number of aldehydes is 1. The van der Waals surface area contributed by atoms with Crippen LogP contribution in [-0.4, -0.2) is 17.4 Å². The summed E-state index contributed by atoms with van der Waals surface area (Å²) >= 11 is 6.34. The monoisotopic (exact) mass is 318 g/mol. The van der Waals surface area contributed by atoms with Gasteiger partial charge in [-0.25, -0.2) is 0 Å². The summed E-state index contributed by atoms with van der Waals surface area (Å²) in [6, 6.07) is 5.33. The highest BCUT2D eigenvalue weighted by molar-refractivity contribution is 9.10. The second-order valence-electron chi connectivity index (χ2n) is 2.82. The van der Waals surface area contributed by atoms with Crippen molar-refractivity contribution >= 4 is 43.9 Å². The van der Waals surface area contributed by atoms with Gasteiger partial charge in [0, 0.05) is 16.5 Å². The van der Waals surface area contributed by atoms with E-state index in [9.17, 15) is 9.59 Å². The van der Waals surface area contributed by atoms with Crippen LogP contribution >= 0.6 is 31.9 Å². The normalized spacial score (nSPS) is 9.86. The molecule has 0 bridgehead atoms. The zero-order valence-corrected chi connectivity index (χ0v) is 10.5. The lowest BCUT2D eigenvalue weighted by atomic mass is 10.1. The molecule has 0 unspecified atom stereocenters. The molecular weight excluding hydrogens is 312 g/mol. The molecule has 0 aliphatic heterocycles. The first-order valence-electron chi connectivity index (χ1n) is 3.98. The molecular formula is C10H8Br2O2. The minimum atomic E-state index is 0.101. The molecule has 0 saturated carbocycles. The molecule has 1 rings (SSSR count). The highest BCUT2D eigenvalue weighted by atomic mass is 79.9. The van der Waals surface area contributed by atoms with E-state index in [1.54, 1.807) is 12.1 Å². The third-order valence-electron chi connectivity index (χ3n) is 1.74. The van der Waals surface area contributed by atoms with E-state index >= 15 is 0 Å². The molecule has 0 radical (unpaired) electrons. The Balaban J connectivity index is 2.89. The molecule has 0 N–H and O–H groups in total. The number of Topliss-reactive ketones (excluding diaryl/α,β-unsaturated/α-hetero) is 1. The van der Waals surface area contributed by atoms with Crippen molar-refractivity contribution in [3.05, 3.63) is 33.8 Å². The number of halogens is 2. The van der Waals surface area contributed by atoms with E-state index in [1.165, 1.54) is 0 Å². The maximum absolute atomic E-state index is 11.1. The number of ketones is 1. The summed E-state index contributed by atoms with van der Waals surface area (Å²) in [6.45, 7) is 0. The van der Waals surface area contributed by atoms with Gasteiger partial charge < -0.3 is 0 Å². The van der Waals surface area contributed by atoms with Crippen LogP contribution in [0.5, 0.6) is 0 Å². The van der Waals surface area contributed by atoms with E-state index in [4.69, 9.17) is 0 Å². The number of hydrogen-bond acceptors (Lipinski definition) is 2. The van der Waals surface area contributed by atoms with Crippen molar-refractivity contribution < 1.29 is 9.59 Å². The quantitative estimate of drug-likeness (QED) is 0.631. The largest absolute Gasteiger partial charge is 0.298 e. The van der Waals surface area contributed by atoms with Crippen molar-refractivity contribution in [1.82, 2.24) is 0 Å². The van der Waals surface area contributed by atoms with Crippen LogP contribution in [0, 0.1) is 0 Å². The molecule has 0 aliphatic rings. The maximum atomic E-state index is 11.1. The second kappa shape index (κ2) is 5.41. The van der Waals surface area contributed by atoms with E-state index in [2.05, 4.69) is 31.9 Å². The van der Waals surface area contributed by atoms with Crippen molar-refractivity contribution in [3.8, 4) is 0 Å². The zero-order valence-electron chi connectivity index (χ0n) is 7.30. The molecule has 0 amide bonds. The molecule has 2 nitrogen and oxygen atoms in total. The third kappa shape index (κ3) is 3.03. The first-order chi connectivity index (χ1) is 6.67. The SMILES string of the molecule is O=Cc1cc(CC(=O)CBr)ccc1Br. The lowest BCUT2D eigenvalue weighted by Crippen LogP contribution is -2.03. The number of alkyl halides is 1. The Hall–Kier alpha value is -0.480. The highest BCUT2D eigenvalue weighted by Crippen LogP contribution is 2.17. The van der Waals surface area contributed by atoms with Crippen LogP contribution in [0.1, 0.15) is 15.9 Å². The topological polar surface area (TPSA) is 34.1 Å². The van der Waals surface area contributed by atoms with Gasteiger partial charge in [-0.3, -0.25) is 9.59 Å². The molecule has 0 fully saturated rings. The predicted molar refractivity (Wildman–Crippen MR) is 62.0 cm³/mol. The summed E-state index contributed by atoms with van der Waals surface area (Å²) in [5.41, 5.74) is 1.43. The fraction of sp³-hybridized carbons (Fsp3) is 0.200. The van der Waals surface area contributed by atoms with Gasteiger partial charge in [-0.05, 0) is 17.7 Å². The van der Waals surface area contributed by atoms with E-state index < -0.39 is 0 Å². The fourth-order valence-electron chi connectivity index (χ4n) is 1.07. The summed E-state index contributed by atoms with van der Waals surface area (Å²) in [7, 11) is 0. The zero-order chi connectivity index (χ0) is 10.6. The van der Waals surface area contributed by atoms with Crippen molar-refractivity contribution in [2.24, 2.45) is 0 Å². The Bertz CT molecular complexity index is 361. The van der Waals surface area contributed by atoms with Crippen molar-refractivity contribution in [2.75, 3.05) is 5.33 Å². The number of benzene rings is 1. The number of carbonyl (C=O) groups excluding carboxylic acids is 2. The first kappa shape index (κ1) is 11.6. The molecule has 1 aromatic rings. The van der Waals surface area contributed by atoms with Gasteiger partial charge in [0.1, 0.15) is 5.78 Å². The molecule has 0 aromatic heterocycles. The van der Waals surface area contributed by atoms with Crippen LogP contribution in [0.25, 0.3) is 0 Å². The van der Waals surface area contributed by atoms with E-state index in [0.717, 1.165) is 16.3 Å². The average molecular weight is 320 g/mol. The van der Waals surface area contributed by atoms with E-state index in [-0.39, 0.29) is 5.78 Å². The fourth-order valence-corrected chi connectivity index (χ4v) is 1.61. The average Bonchev–Trinajstić information content (AvgIpc) is 2.20. The third-order valence-corrected chi connectivity index (χ3v) is 3.09. The number of hydrogen-bond donors (Lipinski definition) is 0. The Morgan fingerprint density at radius 3 is 2.71 bits per heavy atom. The standard InChI is InChI=1S/C10H8Br2O2/c11-5-9(14)4-7-1-2-10(12)8(3-7)6-13/h1-3,6H,4-5H2. The summed E-state index contributed by atoms with van der Waals surface area (Å²) in [4.78, 5) is 21.7. The minimum absolute atomic E-state index is 0.101. The van der Waals surface area contributed by atoms with Crippen LogP contribution in [0.15, 0.2) is 22.7 Å². The van der Waals surface area contributed by atoms with Gasteiger partial charge in [0.15, 0.2) is 6.29 Å². The lowest BCUT2D eigenvalue weighted by molar-refractivity contribution is -0.115. The van der Waals surface area contributed by atoms with Crippen LogP contribution in [0.2, 0.25) is 0 Å². The molecule has 0 saturated heterocycles. The second-order valence-corrected chi connectivity index (χ2v) is 4.24. The predicted octanol–water partition coefficient (Wildman–Crippen LogP) is 2.77. The van der Waals surface area contributed by atoms with E-state index in [0.29, 0.717) is 17.3 Å². The Morgan fingerprint density at radius 2 is 2.14 bits per heavy atom. The molecule has 0 atom stereocenters. The summed E-state index contributed by atoms with van der Waals surface area (Å²) in [6.07, 6.45) is 1.13. The van der Waals surface area contributed by atoms with Gasteiger partial charge in [0.2, 0.25) is 0 Å². The lowest BCUT2D eigenvalue weighted by Gasteiger charge is -2.01. The van der Waals surface area contributed by atoms with E-state index in [1.807, 2.05) is 6.07 Å². The maximum Gasteiger partial charge on any atom is 0.151 e. The molecule has 0 aliphatic carbocycles. The Morgan fingerprint density at radius 1 is 1.43 bits per heavy atom. The molecule has 1 aromatic carbocycles. The van der Waals surface area contributed by atoms with Crippen LogP contribution in [-0.2, 0) is 11.2 Å². The first-order valence-corrected chi connectivity index (χ1v) is 5.90. The van der Waals surface area contributed by atoms with Crippen molar-refractivity contribution in [3.63, 3.8) is 0 Å². The number of carbonyl (C=O) groups is 2. The Labute approximate surface area is 98.9 Å². The van der Waals surface area contributed by atoms with Gasteiger partial charge in [-0.1, -0.05) is 37.9 Å². The molecule has 74 valence electrons. The van der Waals surface area contributed by atoms with Crippen LogP contribution < -0.4 is 0 Å². The summed E-state index contributed by atoms with van der Waals surface area (Å²) in [5.74, 6) is 0.101. The van der Waals surface area contributed by atoms with Crippen LogP contribution in [0.4, 0.5) is 0 Å². The molecule has 0 spiro atoms. The van der Waals surface area contributed by atoms with Crippen molar-refractivity contribution in [2.45, 2.75) is 6.42 Å². The smallest absolute Gasteiger partial charge is 0.151 e. The summed E-state index contributed by atoms with van der Waals surface area (Å²) < 4.78 is 0.752. The van der Waals surface area contributed by atoms with Gasteiger partial charge >= 0.3 is 0 Å². The van der Waals surface area contributed by atoms with Gasteiger partial charge in [-0.15, -0.1) is 0 Å². The highest BCUT2D eigenvalue weighted by Gasteiger charge is 2.04. The minimum Gasteiger partial charge on any atom is -0.298 e. The van der Waals surface area contributed by atoms with Gasteiger partial charge in [0.05, 0.1) is 5.33 Å². The molecule has 0 heterocycles. The van der Waals surface area contributed by atoms with Crippen LogP contribution in [0.3, 0.4) is 0 Å². The van der Waals surface area contributed by atoms with Gasteiger partial charge in [-0.2, -0.15) is 0 Å². The van der Waals surface area contributed by atoms with Crippen molar-refractivity contribution in [1.29, 1.82) is 0 Å². The molecule has 14 heavy (non-hydrogen) atoms. The Kier molecular flexibility index (Phi) is 4.48. The number of rotatable bonds is 4. The summed E-state index contributed by atoms with van der Waals surface area (Å²) in [5, 5.41) is 0.347.